The normalized spacial score (nSPS) is 21.1. The van der Waals surface area contributed by atoms with Gasteiger partial charge in [0, 0.05) is 12.6 Å². The van der Waals surface area contributed by atoms with Crippen LogP contribution >= 0.6 is 0 Å². The molecule has 88 valence electrons. The molecular weight excluding hydrogens is 202 g/mol. The lowest BCUT2D eigenvalue weighted by atomic mass is 10.0. The third-order valence-corrected chi connectivity index (χ3v) is 3.33. The Morgan fingerprint density at radius 2 is 2.31 bits per heavy atom. The average molecular weight is 222 g/mol. The van der Waals surface area contributed by atoms with Crippen LogP contribution in [0.1, 0.15) is 32.6 Å². The van der Waals surface area contributed by atoms with Crippen LogP contribution in [0, 0.1) is 0 Å². The number of piperidine rings is 1. The number of hydrogen-bond donors (Lipinski definition) is 0. The summed E-state index contributed by atoms with van der Waals surface area (Å²) in [7, 11) is 1.93. The van der Waals surface area contributed by atoms with Gasteiger partial charge in [-0.2, -0.15) is 4.57 Å². The number of aryl methyl sites for hydroxylation is 1. The zero-order valence-corrected chi connectivity index (χ0v) is 10.1. The molecule has 1 fully saturated rings. The minimum Gasteiger partial charge on any atom is -0.301 e. The van der Waals surface area contributed by atoms with Gasteiger partial charge in [0.1, 0.15) is 12.4 Å². The topological polar surface area (TPSA) is 29.1 Å². The van der Waals surface area contributed by atoms with Crippen molar-refractivity contribution in [3.05, 3.63) is 18.7 Å². The van der Waals surface area contributed by atoms with Crippen LogP contribution in [0.25, 0.3) is 0 Å². The Morgan fingerprint density at radius 1 is 1.50 bits per heavy atom. The zero-order valence-electron chi connectivity index (χ0n) is 10.1. The van der Waals surface area contributed by atoms with Crippen molar-refractivity contribution in [2.24, 2.45) is 7.05 Å². The van der Waals surface area contributed by atoms with Crippen molar-refractivity contribution in [3.8, 4) is 0 Å². The summed E-state index contributed by atoms with van der Waals surface area (Å²) in [6.45, 7) is 3.06. The van der Waals surface area contributed by atoms with Crippen LogP contribution in [0.5, 0.6) is 0 Å². The van der Waals surface area contributed by atoms with Crippen molar-refractivity contribution < 1.29 is 9.36 Å². The minimum absolute atomic E-state index is 0.118. The van der Waals surface area contributed by atoms with E-state index in [0.717, 1.165) is 25.8 Å². The van der Waals surface area contributed by atoms with E-state index < -0.39 is 0 Å². The number of imidazole rings is 1. The monoisotopic (exact) mass is 222 g/mol. The van der Waals surface area contributed by atoms with E-state index in [1.54, 1.807) is 4.57 Å². The predicted octanol–water partition coefficient (Wildman–Crippen LogP) is 1.55. The first-order valence-electron chi connectivity index (χ1n) is 6.06. The number of hydrogen-bond acceptors (Lipinski definition) is 1. The smallest absolute Gasteiger partial charge is 0.301 e. The number of amides is 1. The lowest BCUT2D eigenvalue weighted by Crippen LogP contribution is -2.45. The molecule has 1 aromatic heterocycles. The molecule has 1 aliphatic heterocycles. The lowest BCUT2D eigenvalue weighted by Gasteiger charge is -2.33. The highest BCUT2D eigenvalue weighted by Gasteiger charge is 2.29. The second-order valence-corrected chi connectivity index (χ2v) is 4.52. The third kappa shape index (κ3) is 2.10. The second kappa shape index (κ2) is 4.68. The van der Waals surface area contributed by atoms with Crippen molar-refractivity contribution in [1.82, 2.24) is 9.47 Å². The molecule has 1 saturated heterocycles. The van der Waals surface area contributed by atoms with Crippen LogP contribution in [-0.4, -0.2) is 28.1 Å². The van der Waals surface area contributed by atoms with Crippen LogP contribution in [0.2, 0.25) is 0 Å². The Labute approximate surface area is 96.5 Å². The molecule has 1 unspecified atom stereocenters. The van der Waals surface area contributed by atoms with E-state index >= 15 is 0 Å². The van der Waals surface area contributed by atoms with Crippen molar-refractivity contribution in [1.29, 1.82) is 0 Å². The van der Waals surface area contributed by atoms with Gasteiger partial charge in [-0.05, 0) is 25.7 Å². The molecule has 0 bridgehead atoms. The summed E-state index contributed by atoms with van der Waals surface area (Å²) in [6, 6.07) is 0.543. The van der Waals surface area contributed by atoms with E-state index in [0.29, 0.717) is 6.04 Å². The van der Waals surface area contributed by atoms with Crippen molar-refractivity contribution in [2.75, 3.05) is 6.54 Å². The fourth-order valence-corrected chi connectivity index (χ4v) is 2.39. The highest BCUT2D eigenvalue weighted by atomic mass is 16.2. The molecule has 0 saturated carbocycles. The maximum atomic E-state index is 12.3. The molecular formula is C12H20N3O+. The zero-order chi connectivity index (χ0) is 11.5. The Hall–Kier alpha value is -1.32. The Balaban J connectivity index is 2.13. The summed E-state index contributed by atoms with van der Waals surface area (Å²) in [5, 5.41) is 0. The van der Waals surface area contributed by atoms with Crippen LogP contribution in [0.3, 0.4) is 0 Å². The summed E-state index contributed by atoms with van der Waals surface area (Å²) in [4.78, 5) is 14.3. The highest BCUT2D eigenvalue weighted by Crippen LogP contribution is 2.20. The van der Waals surface area contributed by atoms with E-state index in [2.05, 4.69) is 6.92 Å². The van der Waals surface area contributed by atoms with Gasteiger partial charge in [0.15, 0.2) is 0 Å². The second-order valence-electron chi connectivity index (χ2n) is 4.52. The molecule has 2 rings (SSSR count). The molecule has 2 heterocycles. The summed E-state index contributed by atoms with van der Waals surface area (Å²) < 4.78 is 3.57. The van der Waals surface area contributed by atoms with Crippen LogP contribution in [0.15, 0.2) is 18.7 Å². The largest absolute Gasteiger partial charge is 0.416 e. The molecule has 1 atom stereocenters. The summed E-state index contributed by atoms with van der Waals surface area (Å²) >= 11 is 0. The van der Waals surface area contributed by atoms with Gasteiger partial charge in [0.05, 0.1) is 7.05 Å². The third-order valence-electron chi connectivity index (χ3n) is 3.33. The number of carbonyl (C=O) groups is 1. The number of likely N-dealkylation sites (tertiary alicyclic amines) is 1. The molecule has 0 aliphatic carbocycles. The van der Waals surface area contributed by atoms with Gasteiger partial charge in [-0.25, -0.2) is 9.36 Å². The summed E-state index contributed by atoms with van der Waals surface area (Å²) in [5.41, 5.74) is 0. The van der Waals surface area contributed by atoms with E-state index in [4.69, 9.17) is 0 Å². The van der Waals surface area contributed by atoms with Gasteiger partial charge < -0.3 is 4.90 Å². The van der Waals surface area contributed by atoms with Crippen LogP contribution < -0.4 is 4.57 Å². The molecule has 1 aliphatic rings. The fraction of sp³-hybridized carbons (Fsp3) is 0.667. The molecule has 16 heavy (non-hydrogen) atoms. The van der Waals surface area contributed by atoms with Crippen molar-refractivity contribution in [2.45, 2.75) is 38.6 Å². The summed E-state index contributed by atoms with van der Waals surface area (Å²) in [6.07, 6.45) is 10.1. The maximum absolute atomic E-state index is 12.3. The first-order chi connectivity index (χ1) is 7.72. The number of carbonyl (C=O) groups excluding carboxylic acids is 1. The van der Waals surface area contributed by atoms with E-state index in [1.165, 1.54) is 6.42 Å². The Bertz CT molecular complexity index is 372. The first kappa shape index (κ1) is 11.2. The number of nitrogens with zero attached hydrogens (tertiary/aromatic N) is 3. The standard InChI is InChI=1S/C12H20N3O/c1-3-11-6-4-5-7-15(11)12(16)14-9-8-13(2)10-14/h8-11H,3-7H2,1-2H3/q+1. The molecule has 0 N–H and O–H groups in total. The van der Waals surface area contributed by atoms with Gasteiger partial charge in [-0.1, -0.05) is 6.92 Å². The quantitative estimate of drug-likeness (QED) is 0.663. The number of aromatic nitrogens is 2. The highest BCUT2D eigenvalue weighted by molar-refractivity contribution is 5.76. The lowest BCUT2D eigenvalue weighted by molar-refractivity contribution is -0.670. The Kier molecular flexibility index (Phi) is 3.27. The van der Waals surface area contributed by atoms with Crippen LogP contribution in [-0.2, 0) is 7.05 Å². The molecule has 0 spiro atoms. The van der Waals surface area contributed by atoms with Gasteiger partial charge >= 0.3 is 6.03 Å². The SMILES string of the molecule is CCC1CCCCN1C(=O)n1cc[n+](C)c1. The first-order valence-corrected chi connectivity index (χ1v) is 6.06. The van der Waals surface area contributed by atoms with Crippen LogP contribution in [0.4, 0.5) is 4.79 Å². The Morgan fingerprint density at radius 3 is 2.94 bits per heavy atom. The molecule has 1 amide bonds. The average Bonchev–Trinajstić information content (AvgIpc) is 2.75. The van der Waals surface area contributed by atoms with Crippen molar-refractivity contribution >= 4 is 6.03 Å². The summed E-state index contributed by atoms with van der Waals surface area (Å²) in [5.74, 6) is 0. The number of rotatable bonds is 1. The fourth-order valence-electron chi connectivity index (χ4n) is 2.39. The van der Waals surface area contributed by atoms with Gasteiger partial charge in [-0.3, -0.25) is 0 Å². The molecule has 1 aromatic rings. The predicted molar refractivity (Wildman–Crippen MR) is 61.0 cm³/mol. The van der Waals surface area contributed by atoms with E-state index in [-0.39, 0.29) is 6.03 Å². The van der Waals surface area contributed by atoms with Gasteiger partial charge in [0.25, 0.3) is 6.33 Å². The van der Waals surface area contributed by atoms with E-state index in [9.17, 15) is 4.79 Å². The minimum atomic E-state index is 0.118. The van der Waals surface area contributed by atoms with Crippen molar-refractivity contribution in [3.63, 3.8) is 0 Å². The van der Waals surface area contributed by atoms with E-state index in [1.807, 2.05) is 35.2 Å². The molecule has 0 aromatic carbocycles. The van der Waals surface area contributed by atoms with Gasteiger partial charge in [-0.15, -0.1) is 0 Å². The molecule has 4 heteroatoms. The molecule has 4 nitrogen and oxygen atoms in total. The maximum Gasteiger partial charge on any atom is 0.416 e. The molecule has 0 radical (unpaired) electrons. The van der Waals surface area contributed by atoms with Gasteiger partial charge in [0.2, 0.25) is 0 Å².